The molecular formula is C19H19FN2O3. The molecule has 0 fully saturated rings. The van der Waals surface area contributed by atoms with Crippen LogP contribution >= 0.6 is 0 Å². The summed E-state index contributed by atoms with van der Waals surface area (Å²) in [6, 6.07) is 13.7. The molecule has 3 aromatic rings. The summed E-state index contributed by atoms with van der Waals surface area (Å²) < 4.78 is 20.7. The summed E-state index contributed by atoms with van der Waals surface area (Å²) in [6.45, 7) is 2.73. The molecule has 3 rings (SSSR count). The summed E-state index contributed by atoms with van der Waals surface area (Å²) in [6.07, 6.45) is 0.898. The lowest BCUT2D eigenvalue weighted by molar-refractivity contribution is 0.189. The van der Waals surface area contributed by atoms with Crippen molar-refractivity contribution in [2.75, 3.05) is 0 Å². The van der Waals surface area contributed by atoms with Crippen LogP contribution in [0.2, 0.25) is 0 Å². The molecule has 0 radical (unpaired) electrons. The van der Waals surface area contributed by atoms with Crippen LogP contribution in [0.15, 0.2) is 54.7 Å². The topological polar surface area (TPSA) is 63.5 Å². The highest BCUT2D eigenvalue weighted by atomic mass is 19.1. The molecular weight excluding hydrogens is 323 g/mol. The number of rotatable bonds is 6. The molecule has 0 bridgehead atoms. The van der Waals surface area contributed by atoms with E-state index in [0.717, 1.165) is 22.2 Å². The van der Waals surface area contributed by atoms with Gasteiger partial charge in [-0.3, -0.25) is 0 Å². The van der Waals surface area contributed by atoms with Gasteiger partial charge in [0.1, 0.15) is 18.2 Å². The second-order valence-electron chi connectivity index (χ2n) is 5.95. The van der Waals surface area contributed by atoms with Crippen LogP contribution in [0.4, 0.5) is 9.18 Å². The van der Waals surface area contributed by atoms with E-state index in [2.05, 4.69) is 5.32 Å². The second kappa shape index (κ2) is 7.25. The van der Waals surface area contributed by atoms with E-state index in [1.165, 1.54) is 12.1 Å². The van der Waals surface area contributed by atoms with Crippen LogP contribution in [0.25, 0.3) is 10.9 Å². The van der Waals surface area contributed by atoms with Gasteiger partial charge in [0.25, 0.3) is 0 Å². The van der Waals surface area contributed by atoms with Gasteiger partial charge in [-0.25, -0.2) is 9.18 Å². The fraction of sp³-hybridized carbons (Fsp3) is 0.211. The van der Waals surface area contributed by atoms with Gasteiger partial charge in [0.15, 0.2) is 0 Å². The van der Waals surface area contributed by atoms with E-state index in [-0.39, 0.29) is 11.9 Å². The number of aromatic nitrogens is 1. The molecule has 1 heterocycles. The summed E-state index contributed by atoms with van der Waals surface area (Å²) in [5, 5.41) is 12.2. The van der Waals surface area contributed by atoms with Crippen molar-refractivity contribution in [1.82, 2.24) is 9.88 Å². The maximum Gasteiger partial charge on any atom is 0.404 e. The highest BCUT2D eigenvalue weighted by Crippen LogP contribution is 2.23. The third-order valence-electron chi connectivity index (χ3n) is 3.90. The number of benzene rings is 2. The molecule has 1 atom stereocenters. The van der Waals surface area contributed by atoms with Gasteiger partial charge < -0.3 is 19.7 Å². The molecule has 6 heteroatoms. The molecule has 2 aromatic carbocycles. The Morgan fingerprint density at radius 1 is 1.24 bits per heavy atom. The van der Waals surface area contributed by atoms with E-state index in [1.807, 2.05) is 42.0 Å². The van der Waals surface area contributed by atoms with E-state index in [9.17, 15) is 9.18 Å². The Morgan fingerprint density at radius 2 is 2.00 bits per heavy atom. The molecule has 25 heavy (non-hydrogen) atoms. The zero-order chi connectivity index (χ0) is 17.8. The van der Waals surface area contributed by atoms with Gasteiger partial charge in [0.05, 0.1) is 0 Å². The summed E-state index contributed by atoms with van der Waals surface area (Å²) in [5.41, 5.74) is 1.90. The smallest absolute Gasteiger partial charge is 0.404 e. The summed E-state index contributed by atoms with van der Waals surface area (Å²) in [5.74, 6) is 0.462. The lowest BCUT2D eigenvalue weighted by Crippen LogP contribution is -2.34. The molecule has 1 aromatic heterocycles. The average molecular weight is 342 g/mol. The van der Waals surface area contributed by atoms with Crippen molar-refractivity contribution in [2.45, 2.75) is 26.1 Å². The SMILES string of the molecule is CC(Cn1ccc2cc(OCc3ccc(F)cc3)ccc21)NC(=O)O. The predicted octanol–water partition coefficient (Wildman–Crippen LogP) is 4.02. The number of amides is 1. The number of carboxylic acid groups (broad SMARTS) is 1. The average Bonchev–Trinajstić information content (AvgIpc) is 2.96. The van der Waals surface area contributed by atoms with Gasteiger partial charge in [0, 0.05) is 29.7 Å². The van der Waals surface area contributed by atoms with Crippen molar-refractivity contribution in [3.8, 4) is 5.75 Å². The molecule has 0 saturated carbocycles. The standard InChI is InChI=1S/C19H19FN2O3/c1-13(21-19(23)24)11-22-9-8-15-10-17(6-7-18(15)22)25-12-14-2-4-16(20)5-3-14/h2-10,13,21H,11-12H2,1H3,(H,23,24). The van der Waals surface area contributed by atoms with E-state index in [1.54, 1.807) is 12.1 Å². The molecule has 2 N–H and O–H groups in total. The van der Waals surface area contributed by atoms with Crippen molar-refractivity contribution in [3.05, 3.63) is 66.1 Å². The quantitative estimate of drug-likeness (QED) is 0.711. The van der Waals surface area contributed by atoms with Gasteiger partial charge in [-0.2, -0.15) is 0 Å². The summed E-state index contributed by atoms with van der Waals surface area (Å²) in [7, 11) is 0. The van der Waals surface area contributed by atoms with E-state index in [4.69, 9.17) is 9.84 Å². The molecule has 0 spiro atoms. The monoisotopic (exact) mass is 342 g/mol. The van der Waals surface area contributed by atoms with Crippen LogP contribution in [0.1, 0.15) is 12.5 Å². The predicted molar refractivity (Wildman–Crippen MR) is 93.3 cm³/mol. The van der Waals surface area contributed by atoms with Crippen molar-refractivity contribution in [2.24, 2.45) is 0 Å². The molecule has 0 aliphatic carbocycles. The highest BCUT2D eigenvalue weighted by molar-refractivity contribution is 5.81. The van der Waals surface area contributed by atoms with E-state index >= 15 is 0 Å². The van der Waals surface area contributed by atoms with Crippen LogP contribution in [0.3, 0.4) is 0 Å². The number of halogens is 1. The lowest BCUT2D eigenvalue weighted by atomic mass is 10.2. The third kappa shape index (κ3) is 4.29. The van der Waals surface area contributed by atoms with Crippen LogP contribution in [0, 0.1) is 5.82 Å². The maximum absolute atomic E-state index is 12.9. The Bertz CT molecular complexity index is 874. The fourth-order valence-corrected chi connectivity index (χ4v) is 2.73. The largest absolute Gasteiger partial charge is 0.489 e. The van der Waals surface area contributed by atoms with Crippen LogP contribution < -0.4 is 10.1 Å². The zero-order valence-electron chi connectivity index (χ0n) is 13.8. The first-order chi connectivity index (χ1) is 12.0. The first-order valence-electron chi connectivity index (χ1n) is 7.97. The lowest BCUT2D eigenvalue weighted by Gasteiger charge is -2.13. The van der Waals surface area contributed by atoms with Gasteiger partial charge in [0.2, 0.25) is 0 Å². The fourth-order valence-electron chi connectivity index (χ4n) is 2.73. The summed E-state index contributed by atoms with van der Waals surface area (Å²) >= 11 is 0. The Labute approximate surface area is 144 Å². The van der Waals surface area contributed by atoms with Crippen LogP contribution in [-0.2, 0) is 13.2 Å². The molecule has 0 saturated heterocycles. The van der Waals surface area contributed by atoms with Gasteiger partial charge in [-0.15, -0.1) is 0 Å². The Morgan fingerprint density at radius 3 is 2.72 bits per heavy atom. The van der Waals surface area contributed by atoms with E-state index in [0.29, 0.717) is 13.2 Å². The van der Waals surface area contributed by atoms with Crippen LogP contribution in [0.5, 0.6) is 5.75 Å². The Balaban J connectivity index is 1.68. The number of hydrogen-bond donors (Lipinski definition) is 2. The molecule has 1 amide bonds. The molecule has 0 aliphatic heterocycles. The summed E-state index contributed by atoms with van der Waals surface area (Å²) in [4.78, 5) is 10.7. The first-order valence-corrected chi connectivity index (χ1v) is 7.97. The highest BCUT2D eigenvalue weighted by Gasteiger charge is 2.09. The van der Waals surface area contributed by atoms with Crippen molar-refractivity contribution in [1.29, 1.82) is 0 Å². The maximum atomic E-state index is 12.9. The van der Waals surface area contributed by atoms with E-state index < -0.39 is 6.09 Å². The van der Waals surface area contributed by atoms with Crippen molar-refractivity contribution < 1.29 is 19.0 Å². The molecule has 1 unspecified atom stereocenters. The van der Waals surface area contributed by atoms with Gasteiger partial charge >= 0.3 is 6.09 Å². The van der Waals surface area contributed by atoms with Crippen molar-refractivity contribution >= 4 is 17.0 Å². The van der Waals surface area contributed by atoms with Gasteiger partial charge in [-0.05, 0) is 48.9 Å². The third-order valence-corrected chi connectivity index (χ3v) is 3.90. The second-order valence-corrected chi connectivity index (χ2v) is 5.95. The Kier molecular flexibility index (Phi) is 4.88. The minimum Gasteiger partial charge on any atom is -0.489 e. The van der Waals surface area contributed by atoms with Crippen LogP contribution in [-0.4, -0.2) is 21.8 Å². The zero-order valence-corrected chi connectivity index (χ0v) is 13.8. The Hall–Kier alpha value is -3.02. The minimum atomic E-state index is -1.03. The van der Waals surface area contributed by atoms with Gasteiger partial charge in [-0.1, -0.05) is 12.1 Å². The minimum absolute atomic E-state index is 0.192. The number of nitrogens with one attached hydrogen (secondary N) is 1. The van der Waals surface area contributed by atoms with Crippen molar-refractivity contribution in [3.63, 3.8) is 0 Å². The number of hydrogen-bond acceptors (Lipinski definition) is 2. The number of fused-ring (bicyclic) bond motifs is 1. The molecule has 130 valence electrons. The number of ether oxygens (including phenoxy) is 1. The normalized spacial score (nSPS) is 12.1. The molecule has 5 nitrogen and oxygen atoms in total. The number of carbonyl (C=O) groups is 1. The molecule has 0 aliphatic rings. The number of nitrogens with zero attached hydrogens (tertiary/aromatic N) is 1. The first kappa shape index (κ1) is 16.8.